The van der Waals surface area contributed by atoms with Crippen LogP contribution in [0.2, 0.25) is 0 Å². The van der Waals surface area contributed by atoms with Crippen molar-refractivity contribution >= 4 is 23.7 Å². The highest BCUT2D eigenvalue weighted by Gasteiger charge is 2.07. The van der Waals surface area contributed by atoms with E-state index in [0.717, 1.165) is 30.8 Å². The summed E-state index contributed by atoms with van der Waals surface area (Å²) in [5.74, 6) is 0.588. The number of fused-ring (bicyclic) bond motifs is 1. The van der Waals surface area contributed by atoms with Crippen LogP contribution in [-0.4, -0.2) is 28.8 Å². The van der Waals surface area contributed by atoms with Gasteiger partial charge in [-0.15, -0.1) is 0 Å². The van der Waals surface area contributed by atoms with Gasteiger partial charge in [0.25, 0.3) is 0 Å². The minimum atomic E-state index is -0.314. The number of benzene rings is 1. The maximum Gasteiger partial charge on any atom is 0.419 e. The summed E-state index contributed by atoms with van der Waals surface area (Å²) in [6.07, 6.45) is 1.08. The zero-order valence-electron chi connectivity index (χ0n) is 10.7. The van der Waals surface area contributed by atoms with E-state index < -0.39 is 0 Å². The highest BCUT2D eigenvalue weighted by atomic mass is 32.1. The molecule has 4 nitrogen and oxygen atoms in total. The third kappa shape index (κ3) is 2.79. The molecule has 0 radical (unpaired) electrons. The number of nitrogens with zero attached hydrogens (tertiary/aromatic N) is 2. The van der Waals surface area contributed by atoms with Gasteiger partial charge in [-0.2, -0.15) is 12.6 Å². The molecule has 0 aliphatic heterocycles. The lowest BCUT2D eigenvalue weighted by Gasteiger charge is -2.15. The molecule has 0 bridgehead atoms. The van der Waals surface area contributed by atoms with Gasteiger partial charge in [0.15, 0.2) is 5.58 Å². The first-order valence-electron chi connectivity index (χ1n) is 5.99. The predicted octanol–water partition coefficient (Wildman–Crippen LogP) is 1.88. The largest absolute Gasteiger partial charge is 0.419 e. The Balaban J connectivity index is 2.19. The first-order chi connectivity index (χ1) is 8.61. The lowest BCUT2D eigenvalue weighted by atomic mass is 10.2. The van der Waals surface area contributed by atoms with E-state index in [-0.39, 0.29) is 5.76 Å². The van der Waals surface area contributed by atoms with Gasteiger partial charge in [-0.3, -0.25) is 4.57 Å². The molecule has 2 rings (SSSR count). The summed E-state index contributed by atoms with van der Waals surface area (Å²) >= 11 is 4.21. The van der Waals surface area contributed by atoms with Crippen molar-refractivity contribution in [2.24, 2.45) is 7.05 Å². The summed E-state index contributed by atoms with van der Waals surface area (Å²) < 4.78 is 6.64. The summed E-state index contributed by atoms with van der Waals surface area (Å²) in [5.41, 5.74) is 2.67. The number of thiol groups is 1. The average Bonchev–Trinajstić information content (AvgIpc) is 2.63. The van der Waals surface area contributed by atoms with Crippen molar-refractivity contribution < 1.29 is 4.42 Å². The van der Waals surface area contributed by atoms with Crippen molar-refractivity contribution in [2.45, 2.75) is 13.0 Å². The van der Waals surface area contributed by atoms with E-state index in [1.54, 1.807) is 7.05 Å². The molecule has 0 saturated carbocycles. The monoisotopic (exact) mass is 266 g/mol. The molecule has 0 N–H and O–H groups in total. The van der Waals surface area contributed by atoms with E-state index in [1.807, 2.05) is 18.2 Å². The molecule has 5 heteroatoms. The number of aromatic nitrogens is 1. The molecule has 0 saturated heterocycles. The quantitative estimate of drug-likeness (QED) is 0.840. The zero-order chi connectivity index (χ0) is 13.1. The molecule has 0 amide bonds. The van der Waals surface area contributed by atoms with Crippen LogP contribution < -0.4 is 5.76 Å². The first kappa shape index (κ1) is 13.2. The maximum atomic E-state index is 11.4. The lowest BCUT2D eigenvalue weighted by molar-refractivity contribution is 0.329. The van der Waals surface area contributed by atoms with Gasteiger partial charge >= 0.3 is 5.76 Å². The fourth-order valence-corrected chi connectivity index (χ4v) is 2.14. The number of hydrogen-bond acceptors (Lipinski definition) is 4. The van der Waals surface area contributed by atoms with Gasteiger partial charge in [0, 0.05) is 13.6 Å². The Labute approximate surface area is 112 Å². The number of oxazole rings is 1. The zero-order valence-corrected chi connectivity index (χ0v) is 11.6. The SMILES string of the molecule is CN(CCCS)Cc1ccc2oc(=O)n(C)c2c1. The third-order valence-electron chi connectivity index (χ3n) is 3.01. The summed E-state index contributed by atoms with van der Waals surface area (Å²) in [5, 5.41) is 0. The van der Waals surface area contributed by atoms with Crippen LogP contribution in [0.5, 0.6) is 0 Å². The Kier molecular flexibility index (Phi) is 4.14. The Morgan fingerprint density at radius 3 is 2.94 bits per heavy atom. The van der Waals surface area contributed by atoms with Crippen LogP contribution >= 0.6 is 12.6 Å². The van der Waals surface area contributed by atoms with Crippen molar-refractivity contribution in [3.8, 4) is 0 Å². The lowest BCUT2D eigenvalue weighted by Crippen LogP contribution is -2.19. The molecule has 98 valence electrons. The Morgan fingerprint density at radius 2 is 2.22 bits per heavy atom. The van der Waals surface area contributed by atoms with Crippen LogP contribution in [0.15, 0.2) is 27.4 Å². The van der Waals surface area contributed by atoms with E-state index >= 15 is 0 Å². The summed E-state index contributed by atoms with van der Waals surface area (Å²) in [6, 6.07) is 5.87. The molecule has 0 aliphatic rings. The molecule has 0 unspecified atom stereocenters. The second-order valence-electron chi connectivity index (χ2n) is 4.54. The Morgan fingerprint density at radius 1 is 1.44 bits per heavy atom. The van der Waals surface area contributed by atoms with E-state index in [1.165, 1.54) is 10.1 Å². The standard InChI is InChI=1S/C13H18N2O2S/c1-14(6-3-7-18)9-10-4-5-12-11(8-10)15(2)13(16)17-12/h4-5,8,18H,3,6-7,9H2,1-2H3. The van der Waals surface area contributed by atoms with Gasteiger partial charge < -0.3 is 9.32 Å². The highest BCUT2D eigenvalue weighted by Crippen LogP contribution is 2.15. The maximum absolute atomic E-state index is 11.4. The molecule has 0 spiro atoms. The summed E-state index contributed by atoms with van der Waals surface area (Å²) in [4.78, 5) is 13.6. The Hall–Kier alpha value is -1.20. The molecule has 1 aromatic heterocycles. The third-order valence-corrected chi connectivity index (χ3v) is 3.32. The van der Waals surface area contributed by atoms with Gasteiger partial charge in [-0.25, -0.2) is 4.79 Å². The highest BCUT2D eigenvalue weighted by molar-refractivity contribution is 7.80. The molecule has 1 aromatic carbocycles. The van der Waals surface area contributed by atoms with Crippen LogP contribution in [-0.2, 0) is 13.6 Å². The minimum Gasteiger partial charge on any atom is -0.408 e. The number of rotatable bonds is 5. The van der Waals surface area contributed by atoms with E-state index in [2.05, 4.69) is 24.6 Å². The molecule has 1 heterocycles. The van der Waals surface area contributed by atoms with E-state index in [4.69, 9.17) is 4.42 Å². The minimum absolute atomic E-state index is 0.314. The van der Waals surface area contributed by atoms with Crippen LogP contribution in [0.4, 0.5) is 0 Å². The van der Waals surface area contributed by atoms with Gasteiger partial charge in [-0.1, -0.05) is 6.07 Å². The van der Waals surface area contributed by atoms with Crippen molar-refractivity contribution in [1.82, 2.24) is 9.47 Å². The summed E-state index contributed by atoms with van der Waals surface area (Å²) in [7, 11) is 3.81. The molecule has 2 aromatic rings. The van der Waals surface area contributed by atoms with Gasteiger partial charge in [-0.05, 0) is 43.5 Å². The van der Waals surface area contributed by atoms with Crippen molar-refractivity contribution in [3.05, 3.63) is 34.3 Å². The molecule has 0 aliphatic carbocycles. The number of hydrogen-bond donors (Lipinski definition) is 1. The molecule has 0 atom stereocenters. The molecular weight excluding hydrogens is 248 g/mol. The fourth-order valence-electron chi connectivity index (χ4n) is 2.00. The molecule has 18 heavy (non-hydrogen) atoms. The molecular formula is C13H18N2O2S. The van der Waals surface area contributed by atoms with Gasteiger partial charge in [0.2, 0.25) is 0 Å². The number of aryl methyl sites for hydroxylation is 1. The second-order valence-corrected chi connectivity index (χ2v) is 4.99. The normalized spacial score (nSPS) is 11.6. The van der Waals surface area contributed by atoms with Gasteiger partial charge in [0.1, 0.15) is 0 Å². The first-order valence-corrected chi connectivity index (χ1v) is 6.63. The van der Waals surface area contributed by atoms with Crippen LogP contribution in [0.25, 0.3) is 11.1 Å². The van der Waals surface area contributed by atoms with Crippen LogP contribution in [0, 0.1) is 0 Å². The average molecular weight is 266 g/mol. The summed E-state index contributed by atoms with van der Waals surface area (Å²) in [6.45, 7) is 1.88. The predicted molar refractivity (Wildman–Crippen MR) is 76.3 cm³/mol. The van der Waals surface area contributed by atoms with Crippen molar-refractivity contribution in [1.29, 1.82) is 0 Å². The van der Waals surface area contributed by atoms with Crippen LogP contribution in [0.3, 0.4) is 0 Å². The smallest absolute Gasteiger partial charge is 0.408 e. The van der Waals surface area contributed by atoms with Crippen molar-refractivity contribution in [3.63, 3.8) is 0 Å². The van der Waals surface area contributed by atoms with Gasteiger partial charge in [0.05, 0.1) is 5.52 Å². The van der Waals surface area contributed by atoms with E-state index in [0.29, 0.717) is 5.58 Å². The van der Waals surface area contributed by atoms with Crippen LogP contribution in [0.1, 0.15) is 12.0 Å². The Bertz CT molecular complexity index is 588. The van der Waals surface area contributed by atoms with E-state index in [9.17, 15) is 4.79 Å². The second kappa shape index (κ2) is 5.63. The fraction of sp³-hybridized carbons (Fsp3) is 0.462. The topological polar surface area (TPSA) is 38.4 Å². The van der Waals surface area contributed by atoms with Crippen molar-refractivity contribution in [2.75, 3.05) is 19.3 Å². The molecule has 0 fully saturated rings.